The lowest BCUT2D eigenvalue weighted by molar-refractivity contribution is 0.326. The van der Waals surface area contributed by atoms with Crippen LogP contribution in [0.1, 0.15) is 25.7 Å². The van der Waals surface area contributed by atoms with Crippen LogP contribution < -0.4 is 15.4 Å². The molecule has 10 aromatic rings. The molecule has 6 aromatic heterocycles. The van der Waals surface area contributed by atoms with Crippen molar-refractivity contribution in [3.63, 3.8) is 0 Å². The van der Waals surface area contributed by atoms with E-state index in [1.165, 1.54) is 44.2 Å². The van der Waals surface area contributed by atoms with Crippen LogP contribution in [-0.2, 0) is 20.0 Å². The third-order valence-electron chi connectivity index (χ3n) is 13.1. The summed E-state index contributed by atoms with van der Waals surface area (Å²) in [5.41, 5.74) is 6.20. The molecule has 0 saturated carbocycles. The number of ether oxygens (including phenoxy) is 1. The van der Waals surface area contributed by atoms with Gasteiger partial charge < -0.3 is 20.5 Å². The van der Waals surface area contributed by atoms with Gasteiger partial charge >= 0.3 is 3.18 Å². The monoisotopic (exact) mass is 1390 g/mol. The number of benzene rings is 4. The molecule has 2 atom stereocenters. The van der Waals surface area contributed by atoms with Gasteiger partial charge in [0.1, 0.15) is 22.9 Å². The van der Waals surface area contributed by atoms with Crippen molar-refractivity contribution in [2.45, 2.75) is 47.6 Å². The van der Waals surface area contributed by atoms with Crippen LogP contribution >= 0.6 is 93.1 Å². The molecular weight excluding hydrogens is 1350 g/mol. The van der Waals surface area contributed by atoms with Crippen molar-refractivity contribution < 1.29 is 26.7 Å². The fourth-order valence-electron chi connectivity index (χ4n) is 9.44. The number of aromatic hydroxyl groups is 1. The highest BCUT2D eigenvalue weighted by Crippen LogP contribution is 2.37. The van der Waals surface area contributed by atoms with Gasteiger partial charge in [-0.15, -0.1) is 69.9 Å². The number of aromatic nitrogens is 8. The van der Waals surface area contributed by atoms with E-state index in [9.17, 15) is 21.9 Å². The molecule has 81 heavy (non-hydrogen) atoms. The number of fused-ring (bicyclic) bond motifs is 2. The minimum Gasteiger partial charge on any atom is -0.508 e. The van der Waals surface area contributed by atoms with Crippen LogP contribution in [0, 0.1) is 0 Å². The molecule has 8 heterocycles. The second kappa shape index (κ2) is 26.0. The van der Waals surface area contributed by atoms with E-state index in [4.69, 9.17) is 47.9 Å². The molecule has 2 saturated heterocycles. The standard InChI is InChI=1S/C27H25ClN6O3S2.C26H23ClN6O3S2.BBr3/c1-37-21-6-2-4-18(16-21)24-25(34-14-15-38-27(34)32-24)23-11-12-29-26(31-23)30-20-5-3-13-33(17-20)39(35,36)22-9-7-19(28)8-10-22;27-18-6-8-21(9-7-18)38(35,36)32-12-2-4-19(16-32)29-25-28-11-10-22(30-25)24-23(17-3-1-5-20(34)15-17)31-26-33(24)13-14-37-26;2-1(3)4/h2,4,6-12,14-16,20H,3,5,13,17H2,1H3,(H,29,30,31);1,3,5-11,13-15,19,34H,2,4,12,16H2,(H,28,29,30);/t20-;19-;/m11./s1. The molecule has 0 spiro atoms. The molecule has 0 amide bonds. The molecule has 2 aliphatic heterocycles. The van der Waals surface area contributed by atoms with E-state index in [0.29, 0.717) is 71.6 Å². The normalized spacial score (nSPS) is 16.0. The number of imidazole rings is 2. The number of nitrogens with one attached hydrogen (secondary N) is 2. The van der Waals surface area contributed by atoms with Gasteiger partial charge in [0, 0.05) is 95.0 Å². The summed E-state index contributed by atoms with van der Waals surface area (Å²) >= 11 is 24.3. The highest BCUT2D eigenvalue weighted by Gasteiger charge is 2.33. The molecule has 418 valence electrons. The first kappa shape index (κ1) is 58.7. The molecule has 4 aromatic carbocycles. The van der Waals surface area contributed by atoms with Crippen molar-refractivity contribution >= 4 is 138 Å². The van der Waals surface area contributed by atoms with Gasteiger partial charge in [-0.05, 0) is 111 Å². The van der Waals surface area contributed by atoms with E-state index in [-0.39, 0.29) is 30.8 Å². The van der Waals surface area contributed by atoms with Gasteiger partial charge in [0.05, 0.1) is 39.7 Å². The van der Waals surface area contributed by atoms with Crippen molar-refractivity contribution in [2.24, 2.45) is 0 Å². The van der Waals surface area contributed by atoms with Gasteiger partial charge in [0.25, 0.3) is 0 Å². The molecule has 0 radical (unpaired) electrons. The van der Waals surface area contributed by atoms with Crippen molar-refractivity contribution in [3.8, 4) is 56.8 Å². The topological polar surface area (TPSA) is 214 Å². The van der Waals surface area contributed by atoms with Crippen molar-refractivity contribution in [1.82, 2.24) is 47.3 Å². The number of phenols is 1. The average Bonchev–Trinajstić information content (AvgIpc) is 4.37. The third-order valence-corrected chi connectivity index (χ3v) is 18.9. The number of thiazole rings is 2. The number of sulfonamides is 2. The predicted molar refractivity (Wildman–Crippen MR) is 334 cm³/mol. The summed E-state index contributed by atoms with van der Waals surface area (Å²) in [7, 11) is -5.64. The quantitative estimate of drug-likeness (QED) is 0.0916. The summed E-state index contributed by atoms with van der Waals surface area (Å²) in [6.45, 7) is 1.52. The van der Waals surface area contributed by atoms with Crippen LogP contribution in [0.4, 0.5) is 11.9 Å². The minimum absolute atomic E-state index is 0.138. The summed E-state index contributed by atoms with van der Waals surface area (Å²) < 4.78 is 65.5. The van der Waals surface area contributed by atoms with Crippen LogP contribution in [0.5, 0.6) is 11.5 Å². The number of nitrogens with zero attached hydrogens (tertiary/aromatic N) is 10. The fraction of sp³-hybridized carbons (Fsp3) is 0.208. The average molecular weight is 1400 g/mol. The lowest BCUT2D eigenvalue weighted by Gasteiger charge is -2.32. The summed E-state index contributed by atoms with van der Waals surface area (Å²) in [4.78, 5) is 30.2. The summed E-state index contributed by atoms with van der Waals surface area (Å²) in [5.74, 6) is 1.75. The number of halogens is 5. The first-order valence-corrected chi connectivity index (χ1v) is 33.2. The zero-order valence-corrected chi connectivity index (χ0v) is 52.3. The van der Waals surface area contributed by atoms with Crippen molar-refractivity contribution in [3.05, 3.63) is 155 Å². The second-order valence-corrected chi connectivity index (χ2v) is 31.3. The number of anilines is 2. The summed E-state index contributed by atoms with van der Waals surface area (Å²) in [6, 6.07) is 30.6. The van der Waals surface area contributed by atoms with Crippen LogP contribution in [0.2, 0.25) is 10.0 Å². The molecule has 0 unspecified atom stereocenters. The number of piperidine rings is 2. The van der Waals surface area contributed by atoms with Crippen molar-refractivity contribution in [1.29, 1.82) is 0 Å². The molecule has 0 bridgehead atoms. The van der Waals surface area contributed by atoms with E-state index in [1.807, 2.05) is 74.4 Å². The van der Waals surface area contributed by atoms with E-state index >= 15 is 0 Å². The maximum absolute atomic E-state index is 13.2. The van der Waals surface area contributed by atoms with Gasteiger partial charge in [0.15, 0.2) is 9.92 Å². The first-order valence-electron chi connectivity index (χ1n) is 25.0. The van der Waals surface area contributed by atoms with Crippen molar-refractivity contribution in [2.75, 3.05) is 43.9 Å². The Bertz CT molecular complexity index is 4050. The Hall–Kier alpha value is -5.52. The van der Waals surface area contributed by atoms with E-state index in [2.05, 4.69) is 67.9 Å². The Morgan fingerprint density at radius 3 is 1.52 bits per heavy atom. The highest BCUT2D eigenvalue weighted by atomic mass is 79.9. The SMILES string of the molecule is BrB(Br)Br.COc1cccc(-c2nc3sccn3c2-c2ccnc(N[C@@H]3CCCN(S(=O)(=O)c4ccc(Cl)cc4)C3)n2)c1.O=S(=O)(c1ccc(Cl)cc1)N1CCC[C@@H](Nc2nccc(-c3c(-c4cccc(O)c4)nc4sccn34)n2)C1. The molecule has 2 aliphatic rings. The summed E-state index contributed by atoms with van der Waals surface area (Å²) in [6.07, 6.45) is 10.3. The Labute approximate surface area is 510 Å². The Morgan fingerprint density at radius 1 is 0.630 bits per heavy atom. The Morgan fingerprint density at radius 2 is 1.07 bits per heavy atom. The van der Waals surface area contributed by atoms with Gasteiger partial charge in [-0.1, -0.05) is 47.5 Å². The second-order valence-electron chi connectivity index (χ2n) is 18.4. The Balaban J connectivity index is 0.000000171. The fourth-order valence-corrected chi connectivity index (χ4v) is 14.2. The number of hydrogen-bond acceptors (Lipinski definition) is 16. The largest absolute Gasteiger partial charge is 0.508 e. The zero-order chi connectivity index (χ0) is 56.8. The molecule has 12 rings (SSSR count). The van der Waals surface area contributed by atoms with Gasteiger partial charge in [-0.25, -0.2) is 46.7 Å². The molecule has 0 aliphatic carbocycles. The number of methoxy groups -OCH3 is 1. The predicted octanol–water partition coefficient (Wildman–Crippen LogP) is 12.7. The minimum atomic E-state index is -3.64. The zero-order valence-electron chi connectivity index (χ0n) is 42.7. The molecule has 18 nitrogen and oxygen atoms in total. The van der Waals surface area contributed by atoms with Crippen LogP contribution in [0.3, 0.4) is 0 Å². The van der Waals surface area contributed by atoms with E-state index < -0.39 is 20.0 Å². The van der Waals surface area contributed by atoms with Crippen LogP contribution in [0.15, 0.2) is 155 Å². The van der Waals surface area contributed by atoms with Crippen LogP contribution in [-0.4, -0.2) is 118 Å². The van der Waals surface area contributed by atoms with Crippen LogP contribution in [0.25, 0.3) is 55.2 Å². The lowest BCUT2D eigenvalue weighted by atomic mass is 10.1. The van der Waals surface area contributed by atoms with Gasteiger partial charge in [-0.3, -0.25) is 8.80 Å². The smallest absolute Gasteiger partial charge is 0.369 e. The van der Waals surface area contributed by atoms with Gasteiger partial charge in [-0.2, -0.15) is 8.61 Å². The van der Waals surface area contributed by atoms with E-state index in [0.717, 1.165) is 63.1 Å². The molecule has 28 heteroatoms. The number of phenolic OH excluding ortho intramolecular Hbond substituents is 1. The molecule has 3 N–H and O–H groups in total. The lowest BCUT2D eigenvalue weighted by Crippen LogP contribution is -2.45. The Kier molecular flexibility index (Phi) is 18.8. The number of rotatable bonds is 13. The van der Waals surface area contributed by atoms with E-state index in [1.54, 1.807) is 73.3 Å². The summed E-state index contributed by atoms with van der Waals surface area (Å²) in [5, 5.41) is 21.7. The third kappa shape index (κ3) is 13.8. The molecular formula is C53H48BBr3Cl2N12O6S4. The maximum Gasteiger partial charge on any atom is 0.369 e. The molecule has 2 fully saturated rings. The van der Waals surface area contributed by atoms with Gasteiger partial charge in [0.2, 0.25) is 31.9 Å². The maximum atomic E-state index is 13.2. The highest BCUT2D eigenvalue weighted by molar-refractivity contribution is 9.69. The first-order chi connectivity index (χ1) is 39.0. The number of hydrogen-bond donors (Lipinski definition) is 3.